The van der Waals surface area contributed by atoms with Crippen LogP contribution in [-0.2, 0) is 11.3 Å². The van der Waals surface area contributed by atoms with Gasteiger partial charge in [-0.05, 0) is 31.9 Å². The highest BCUT2D eigenvalue weighted by Crippen LogP contribution is 2.29. The van der Waals surface area contributed by atoms with Gasteiger partial charge in [-0.3, -0.25) is 9.69 Å². The summed E-state index contributed by atoms with van der Waals surface area (Å²) in [7, 11) is 1.34. The Morgan fingerprint density at radius 3 is 2.82 bits per heavy atom. The molecule has 0 bridgehead atoms. The highest BCUT2D eigenvalue weighted by Gasteiger charge is 2.28. The Hall–Kier alpha value is -1.73. The van der Waals surface area contributed by atoms with E-state index >= 15 is 0 Å². The van der Waals surface area contributed by atoms with E-state index in [4.69, 9.17) is 4.74 Å². The first-order chi connectivity index (χ1) is 10.5. The minimum Gasteiger partial charge on any atom is -0.465 e. The Morgan fingerprint density at radius 1 is 1.50 bits per heavy atom. The van der Waals surface area contributed by atoms with Gasteiger partial charge in [0.05, 0.1) is 19.0 Å². The Kier molecular flexibility index (Phi) is 4.01. The number of esters is 1. The summed E-state index contributed by atoms with van der Waals surface area (Å²) in [4.78, 5) is 34.9. The molecule has 22 heavy (non-hydrogen) atoms. The largest absolute Gasteiger partial charge is 0.465 e. The van der Waals surface area contributed by atoms with E-state index in [0.717, 1.165) is 6.54 Å². The van der Waals surface area contributed by atoms with Gasteiger partial charge in [-0.1, -0.05) is 6.92 Å². The molecule has 1 aliphatic rings. The summed E-state index contributed by atoms with van der Waals surface area (Å²) in [6.45, 7) is 5.43. The molecule has 1 aliphatic carbocycles. The van der Waals surface area contributed by atoms with Crippen molar-refractivity contribution >= 4 is 27.5 Å². The molecule has 0 saturated heterocycles. The zero-order valence-corrected chi connectivity index (χ0v) is 13.7. The van der Waals surface area contributed by atoms with Crippen LogP contribution in [0.5, 0.6) is 0 Å². The van der Waals surface area contributed by atoms with Crippen LogP contribution in [0.3, 0.4) is 0 Å². The number of rotatable bonds is 5. The second-order valence-electron chi connectivity index (χ2n) is 5.53. The maximum absolute atomic E-state index is 12.3. The molecule has 0 amide bonds. The summed E-state index contributed by atoms with van der Waals surface area (Å²) in [5.41, 5.74) is 0.456. The Balaban J connectivity index is 2.01. The SMILES string of the molecule is CCN(Cc1nc2sc(C(=O)OC)c(C)c2c(=O)[nH]1)C1CC1. The summed E-state index contributed by atoms with van der Waals surface area (Å²) in [5, 5.41) is 0.489. The molecule has 2 aromatic rings. The van der Waals surface area contributed by atoms with E-state index < -0.39 is 5.97 Å². The number of nitrogens with zero attached hydrogens (tertiary/aromatic N) is 2. The van der Waals surface area contributed by atoms with E-state index in [-0.39, 0.29) is 5.56 Å². The van der Waals surface area contributed by atoms with Crippen molar-refractivity contribution in [3.05, 3.63) is 26.6 Å². The van der Waals surface area contributed by atoms with E-state index in [1.165, 1.54) is 31.3 Å². The minimum absolute atomic E-state index is 0.184. The normalized spacial score (nSPS) is 14.7. The van der Waals surface area contributed by atoms with Gasteiger partial charge in [0, 0.05) is 6.04 Å². The molecule has 1 fully saturated rings. The fraction of sp³-hybridized carbons (Fsp3) is 0.533. The van der Waals surface area contributed by atoms with Crippen LogP contribution in [-0.4, -0.2) is 40.5 Å². The number of aromatic nitrogens is 2. The average Bonchev–Trinajstić information content (AvgIpc) is 3.28. The molecule has 6 nitrogen and oxygen atoms in total. The molecule has 2 aromatic heterocycles. The third-order valence-electron chi connectivity index (χ3n) is 4.04. The number of carbonyl (C=O) groups is 1. The molecular formula is C15H19N3O3S. The number of H-pyrrole nitrogens is 1. The van der Waals surface area contributed by atoms with Crippen LogP contribution in [0.25, 0.3) is 10.2 Å². The molecule has 7 heteroatoms. The van der Waals surface area contributed by atoms with Crippen molar-refractivity contribution in [2.24, 2.45) is 0 Å². The molecule has 0 spiro atoms. The van der Waals surface area contributed by atoms with Crippen LogP contribution in [0.2, 0.25) is 0 Å². The van der Waals surface area contributed by atoms with E-state index in [1.807, 2.05) is 0 Å². The molecular weight excluding hydrogens is 302 g/mol. The van der Waals surface area contributed by atoms with Gasteiger partial charge in [0.15, 0.2) is 0 Å². The molecule has 0 aliphatic heterocycles. The van der Waals surface area contributed by atoms with Gasteiger partial charge >= 0.3 is 5.97 Å². The lowest BCUT2D eigenvalue weighted by atomic mass is 10.2. The van der Waals surface area contributed by atoms with Gasteiger partial charge in [0.25, 0.3) is 5.56 Å². The van der Waals surface area contributed by atoms with Gasteiger partial charge in [-0.25, -0.2) is 9.78 Å². The second-order valence-corrected chi connectivity index (χ2v) is 6.53. The van der Waals surface area contributed by atoms with Gasteiger partial charge < -0.3 is 9.72 Å². The number of aromatic amines is 1. The zero-order chi connectivity index (χ0) is 15.9. The highest BCUT2D eigenvalue weighted by molar-refractivity contribution is 7.20. The molecule has 1 saturated carbocycles. The number of fused-ring (bicyclic) bond motifs is 1. The number of nitrogens with one attached hydrogen (secondary N) is 1. The molecule has 118 valence electrons. The van der Waals surface area contributed by atoms with Crippen LogP contribution in [0.1, 0.15) is 40.8 Å². The molecule has 2 heterocycles. The molecule has 0 atom stereocenters. The zero-order valence-electron chi connectivity index (χ0n) is 12.9. The van der Waals surface area contributed by atoms with Crippen molar-refractivity contribution in [1.82, 2.24) is 14.9 Å². The van der Waals surface area contributed by atoms with Crippen molar-refractivity contribution < 1.29 is 9.53 Å². The van der Waals surface area contributed by atoms with Crippen molar-refractivity contribution in [2.45, 2.75) is 39.3 Å². The number of hydrogen-bond donors (Lipinski definition) is 1. The summed E-state index contributed by atoms with van der Waals surface area (Å²) < 4.78 is 4.76. The number of ether oxygens (including phenoxy) is 1. The van der Waals surface area contributed by atoms with Crippen molar-refractivity contribution in [2.75, 3.05) is 13.7 Å². The van der Waals surface area contributed by atoms with Crippen molar-refractivity contribution in [3.63, 3.8) is 0 Å². The van der Waals surface area contributed by atoms with Gasteiger partial charge in [0.1, 0.15) is 15.5 Å². The fourth-order valence-electron chi connectivity index (χ4n) is 2.68. The standard InChI is InChI=1S/C15H19N3O3S/c1-4-18(9-5-6-9)7-10-16-13(19)11-8(2)12(15(20)21-3)22-14(11)17-10/h9H,4-7H2,1-3H3,(H,16,17,19). The number of hydrogen-bond acceptors (Lipinski definition) is 6. The number of methoxy groups -OCH3 is 1. The van der Waals surface area contributed by atoms with E-state index in [1.54, 1.807) is 6.92 Å². The average molecular weight is 321 g/mol. The first-order valence-corrected chi connectivity index (χ1v) is 8.21. The maximum atomic E-state index is 12.3. The highest BCUT2D eigenvalue weighted by atomic mass is 32.1. The first-order valence-electron chi connectivity index (χ1n) is 7.39. The molecule has 3 rings (SSSR count). The summed E-state index contributed by atoms with van der Waals surface area (Å²) in [5.74, 6) is 0.235. The van der Waals surface area contributed by atoms with Crippen molar-refractivity contribution in [3.8, 4) is 0 Å². The second kappa shape index (κ2) is 5.81. The van der Waals surface area contributed by atoms with E-state index in [9.17, 15) is 9.59 Å². The Morgan fingerprint density at radius 2 is 2.23 bits per heavy atom. The molecule has 0 radical (unpaired) electrons. The summed E-state index contributed by atoms with van der Waals surface area (Å²) in [6, 6.07) is 0.613. The van der Waals surface area contributed by atoms with Gasteiger partial charge in [0.2, 0.25) is 0 Å². The van der Waals surface area contributed by atoms with Crippen LogP contribution < -0.4 is 5.56 Å². The monoisotopic (exact) mass is 321 g/mol. The lowest BCUT2D eigenvalue weighted by molar-refractivity contribution is 0.0605. The fourth-order valence-corrected chi connectivity index (χ4v) is 3.80. The van der Waals surface area contributed by atoms with Crippen LogP contribution in [0.4, 0.5) is 0 Å². The van der Waals surface area contributed by atoms with Gasteiger partial charge in [-0.15, -0.1) is 11.3 Å². The van der Waals surface area contributed by atoms with Crippen LogP contribution >= 0.6 is 11.3 Å². The Labute approximate surface area is 132 Å². The molecule has 0 unspecified atom stereocenters. The number of carbonyl (C=O) groups excluding carboxylic acids is 1. The van der Waals surface area contributed by atoms with Crippen LogP contribution in [0, 0.1) is 6.92 Å². The number of thiophene rings is 1. The first kappa shape index (κ1) is 15.2. The quantitative estimate of drug-likeness (QED) is 0.853. The Bertz CT molecular complexity index is 776. The maximum Gasteiger partial charge on any atom is 0.348 e. The predicted octanol–water partition coefficient (Wildman–Crippen LogP) is 2.06. The summed E-state index contributed by atoms with van der Waals surface area (Å²) >= 11 is 1.22. The molecule has 1 N–H and O–H groups in total. The van der Waals surface area contributed by atoms with E-state index in [2.05, 4.69) is 21.8 Å². The smallest absolute Gasteiger partial charge is 0.348 e. The van der Waals surface area contributed by atoms with E-state index in [0.29, 0.717) is 39.1 Å². The predicted molar refractivity (Wildman–Crippen MR) is 85.4 cm³/mol. The van der Waals surface area contributed by atoms with Crippen molar-refractivity contribution in [1.29, 1.82) is 0 Å². The topological polar surface area (TPSA) is 75.3 Å². The van der Waals surface area contributed by atoms with Crippen LogP contribution in [0.15, 0.2) is 4.79 Å². The third-order valence-corrected chi connectivity index (χ3v) is 5.21. The van der Waals surface area contributed by atoms with Gasteiger partial charge in [-0.2, -0.15) is 0 Å². The number of aryl methyl sites for hydroxylation is 1. The lowest BCUT2D eigenvalue weighted by Crippen LogP contribution is -2.27. The lowest BCUT2D eigenvalue weighted by Gasteiger charge is -2.18. The third kappa shape index (κ3) is 2.66. The molecule has 0 aromatic carbocycles. The minimum atomic E-state index is -0.422. The summed E-state index contributed by atoms with van der Waals surface area (Å²) in [6.07, 6.45) is 2.43.